The van der Waals surface area contributed by atoms with E-state index in [0.717, 1.165) is 54.3 Å². The lowest BCUT2D eigenvalue weighted by Gasteiger charge is -2.13. The molecule has 0 spiro atoms. The summed E-state index contributed by atoms with van der Waals surface area (Å²) < 4.78 is 8.01. The van der Waals surface area contributed by atoms with E-state index in [1.807, 2.05) is 54.6 Å². The van der Waals surface area contributed by atoms with E-state index in [2.05, 4.69) is 20.1 Å². The van der Waals surface area contributed by atoms with Crippen LogP contribution >= 0.6 is 11.6 Å². The van der Waals surface area contributed by atoms with E-state index in [4.69, 9.17) is 16.3 Å². The lowest BCUT2D eigenvalue weighted by atomic mass is 10.1. The van der Waals surface area contributed by atoms with Crippen LogP contribution in [0.1, 0.15) is 41.0 Å². The van der Waals surface area contributed by atoms with Crippen LogP contribution < -0.4 is 10.1 Å². The third kappa shape index (κ3) is 4.82. The molecule has 1 N–H and O–H groups in total. The smallest absolute Gasteiger partial charge is 0.256 e. The van der Waals surface area contributed by atoms with Crippen LogP contribution in [0.2, 0.25) is 5.02 Å². The largest absolute Gasteiger partial charge is 0.489 e. The van der Waals surface area contributed by atoms with Gasteiger partial charge in [-0.15, -0.1) is 10.2 Å². The molecule has 34 heavy (non-hydrogen) atoms. The number of nitrogens with one attached hydrogen (secondary N) is 1. The molecule has 172 valence electrons. The molecule has 6 nitrogen and oxygen atoms in total. The fourth-order valence-corrected chi connectivity index (χ4v) is 4.40. The first-order valence-corrected chi connectivity index (χ1v) is 11.9. The number of fused-ring (bicyclic) bond motifs is 1. The Labute approximate surface area is 203 Å². The molecule has 0 radical (unpaired) electrons. The van der Waals surface area contributed by atoms with Crippen LogP contribution in [0.25, 0.3) is 11.4 Å². The van der Waals surface area contributed by atoms with Gasteiger partial charge in [0.05, 0.1) is 5.02 Å². The molecular formula is C27H25ClN4O2. The normalized spacial score (nSPS) is 13.1. The summed E-state index contributed by atoms with van der Waals surface area (Å²) in [5.74, 6) is 2.29. The SMILES string of the molecule is O=C(Nc1ccc(Cl)c(-c2nnc3n2CCCCC3)c1)c1ccccc1COc1ccccc1. The number of ether oxygens (including phenoxy) is 1. The molecule has 3 aromatic carbocycles. The van der Waals surface area contributed by atoms with Crippen molar-refractivity contribution in [2.45, 2.75) is 38.8 Å². The van der Waals surface area contributed by atoms with Gasteiger partial charge in [0.1, 0.15) is 18.2 Å². The third-order valence-electron chi connectivity index (χ3n) is 5.97. The van der Waals surface area contributed by atoms with Crippen molar-refractivity contribution in [3.63, 3.8) is 0 Å². The monoisotopic (exact) mass is 472 g/mol. The molecule has 1 aliphatic heterocycles. The lowest BCUT2D eigenvalue weighted by Crippen LogP contribution is -2.15. The number of carbonyl (C=O) groups excluding carboxylic acids is 1. The summed E-state index contributed by atoms with van der Waals surface area (Å²) in [6, 6.07) is 22.5. The summed E-state index contributed by atoms with van der Waals surface area (Å²) >= 11 is 6.54. The molecule has 0 bridgehead atoms. The van der Waals surface area contributed by atoms with E-state index >= 15 is 0 Å². The highest BCUT2D eigenvalue weighted by Gasteiger charge is 2.19. The number of rotatable bonds is 6. The number of halogens is 1. The van der Waals surface area contributed by atoms with E-state index in [1.54, 1.807) is 18.2 Å². The molecule has 0 atom stereocenters. The van der Waals surface area contributed by atoms with Crippen molar-refractivity contribution in [3.8, 4) is 17.1 Å². The van der Waals surface area contributed by atoms with Gasteiger partial charge in [-0.2, -0.15) is 0 Å². The summed E-state index contributed by atoms with van der Waals surface area (Å²) in [5.41, 5.74) is 2.78. The quantitative estimate of drug-likeness (QED) is 0.365. The average Bonchev–Trinajstić information content (AvgIpc) is 3.12. The number of para-hydroxylation sites is 1. The number of hydrogen-bond acceptors (Lipinski definition) is 4. The fourth-order valence-electron chi connectivity index (χ4n) is 4.20. The maximum Gasteiger partial charge on any atom is 0.256 e. The minimum absolute atomic E-state index is 0.208. The van der Waals surface area contributed by atoms with Crippen molar-refractivity contribution >= 4 is 23.2 Å². The molecule has 5 rings (SSSR count). The summed E-state index contributed by atoms with van der Waals surface area (Å²) in [6.45, 7) is 1.17. The second kappa shape index (κ2) is 10.1. The number of aromatic nitrogens is 3. The Morgan fingerprint density at radius 3 is 2.68 bits per heavy atom. The van der Waals surface area contributed by atoms with Gasteiger partial charge in [-0.3, -0.25) is 4.79 Å². The molecule has 0 unspecified atom stereocenters. The first-order chi connectivity index (χ1) is 16.7. The highest BCUT2D eigenvalue weighted by molar-refractivity contribution is 6.33. The predicted molar refractivity (Wildman–Crippen MR) is 133 cm³/mol. The molecule has 4 aromatic rings. The average molecular weight is 473 g/mol. The minimum Gasteiger partial charge on any atom is -0.489 e. The third-order valence-corrected chi connectivity index (χ3v) is 6.30. The van der Waals surface area contributed by atoms with Crippen LogP contribution in [0, 0.1) is 0 Å². The highest BCUT2D eigenvalue weighted by Crippen LogP contribution is 2.31. The number of anilines is 1. The van der Waals surface area contributed by atoms with E-state index in [9.17, 15) is 4.79 Å². The Balaban J connectivity index is 1.37. The zero-order valence-electron chi connectivity index (χ0n) is 18.7. The molecule has 0 fully saturated rings. The zero-order chi connectivity index (χ0) is 23.3. The number of hydrogen-bond donors (Lipinski definition) is 1. The van der Waals surface area contributed by atoms with Gasteiger partial charge in [-0.25, -0.2) is 0 Å². The summed E-state index contributed by atoms with van der Waals surface area (Å²) in [6.07, 6.45) is 4.31. The second-order valence-electron chi connectivity index (χ2n) is 8.31. The van der Waals surface area contributed by atoms with Crippen molar-refractivity contribution in [1.82, 2.24) is 14.8 Å². The molecule has 1 aromatic heterocycles. The molecule has 0 saturated heterocycles. The van der Waals surface area contributed by atoms with E-state index in [-0.39, 0.29) is 5.91 Å². The Morgan fingerprint density at radius 2 is 1.79 bits per heavy atom. The molecule has 2 heterocycles. The van der Waals surface area contributed by atoms with Gasteiger partial charge in [-0.1, -0.05) is 54.4 Å². The maximum atomic E-state index is 13.2. The van der Waals surface area contributed by atoms with Crippen molar-refractivity contribution < 1.29 is 9.53 Å². The summed E-state index contributed by atoms with van der Waals surface area (Å²) in [4.78, 5) is 13.2. The number of aryl methyl sites for hydroxylation is 1. The molecule has 7 heteroatoms. The number of benzene rings is 3. The first-order valence-electron chi connectivity index (χ1n) is 11.5. The molecule has 1 aliphatic rings. The van der Waals surface area contributed by atoms with Crippen LogP contribution in [0.15, 0.2) is 72.8 Å². The number of nitrogens with zero attached hydrogens (tertiary/aromatic N) is 3. The van der Waals surface area contributed by atoms with Gasteiger partial charge in [0.15, 0.2) is 5.82 Å². The van der Waals surface area contributed by atoms with Gasteiger partial charge < -0.3 is 14.6 Å². The lowest BCUT2D eigenvalue weighted by molar-refractivity contribution is 0.102. The maximum absolute atomic E-state index is 13.2. The Kier molecular flexibility index (Phi) is 6.58. The second-order valence-corrected chi connectivity index (χ2v) is 8.72. The Hall–Kier alpha value is -3.64. The Bertz CT molecular complexity index is 1300. The van der Waals surface area contributed by atoms with Crippen LogP contribution in [0.5, 0.6) is 5.75 Å². The van der Waals surface area contributed by atoms with E-state index in [1.165, 1.54) is 6.42 Å². The van der Waals surface area contributed by atoms with Crippen molar-refractivity contribution in [2.24, 2.45) is 0 Å². The molecular weight excluding hydrogens is 448 g/mol. The van der Waals surface area contributed by atoms with Crippen molar-refractivity contribution in [3.05, 3.63) is 94.8 Å². The van der Waals surface area contributed by atoms with Crippen LogP contribution in [0.3, 0.4) is 0 Å². The Morgan fingerprint density at radius 1 is 0.971 bits per heavy atom. The van der Waals surface area contributed by atoms with Gasteiger partial charge in [0.2, 0.25) is 0 Å². The van der Waals surface area contributed by atoms with Crippen molar-refractivity contribution in [2.75, 3.05) is 5.32 Å². The standard InChI is InChI=1S/C27H25ClN4O2/c28-24-15-14-20(17-23(24)26-31-30-25-13-5-2-8-16-32(25)26)29-27(33)22-12-7-6-9-19(22)18-34-21-10-3-1-4-11-21/h1,3-4,6-7,9-12,14-15,17H,2,5,8,13,16,18H2,(H,29,33). The van der Waals surface area contributed by atoms with Gasteiger partial charge in [-0.05, 0) is 49.2 Å². The fraction of sp³-hybridized carbons (Fsp3) is 0.222. The molecule has 0 saturated carbocycles. The highest BCUT2D eigenvalue weighted by atomic mass is 35.5. The zero-order valence-corrected chi connectivity index (χ0v) is 19.5. The van der Waals surface area contributed by atoms with E-state index in [0.29, 0.717) is 22.9 Å². The van der Waals surface area contributed by atoms with Crippen LogP contribution in [-0.4, -0.2) is 20.7 Å². The van der Waals surface area contributed by atoms with Gasteiger partial charge >= 0.3 is 0 Å². The minimum atomic E-state index is -0.208. The number of amides is 1. The van der Waals surface area contributed by atoms with E-state index < -0.39 is 0 Å². The number of carbonyl (C=O) groups is 1. The van der Waals surface area contributed by atoms with Crippen molar-refractivity contribution in [1.29, 1.82) is 0 Å². The van der Waals surface area contributed by atoms with Gasteiger partial charge in [0.25, 0.3) is 5.91 Å². The molecule has 1 amide bonds. The predicted octanol–water partition coefficient (Wildman–Crippen LogP) is 6.16. The first kappa shape index (κ1) is 22.2. The molecule has 0 aliphatic carbocycles. The summed E-state index contributed by atoms with van der Waals surface area (Å²) in [5, 5.41) is 12.4. The summed E-state index contributed by atoms with van der Waals surface area (Å²) in [7, 11) is 0. The van der Waals surface area contributed by atoms with Gasteiger partial charge in [0, 0.05) is 35.3 Å². The topological polar surface area (TPSA) is 69.0 Å². The van der Waals surface area contributed by atoms with Crippen LogP contribution in [-0.2, 0) is 19.6 Å². The van der Waals surface area contributed by atoms with Crippen LogP contribution in [0.4, 0.5) is 5.69 Å².